The molecular weight excluding hydrogens is 240 g/mol. The SMILES string of the molecule is N#CC1(c2ccccc2)C(=O)c2ccccc2N1O. The molecule has 4 nitrogen and oxygen atoms in total. The second kappa shape index (κ2) is 3.94. The summed E-state index contributed by atoms with van der Waals surface area (Å²) in [6.07, 6.45) is 0. The molecule has 92 valence electrons. The van der Waals surface area contributed by atoms with Crippen LogP contribution in [0.3, 0.4) is 0 Å². The second-order valence-corrected chi connectivity index (χ2v) is 4.35. The minimum absolute atomic E-state index is 0.357. The van der Waals surface area contributed by atoms with E-state index in [1.54, 1.807) is 54.6 Å². The maximum Gasteiger partial charge on any atom is 0.240 e. The lowest BCUT2D eigenvalue weighted by atomic mass is 9.87. The van der Waals surface area contributed by atoms with Gasteiger partial charge in [-0.05, 0) is 12.1 Å². The van der Waals surface area contributed by atoms with Crippen LogP contribution in [-0.4, -0.2) is 11.0 Å². The minimum atomic E-state index is -1.69. The van der Waals surface area contributed by atoms with Gasteiger partial charge in [-0.3, -0.25) is 10.0 Å². The van der Waals surface area contributed by atoms with Crippen LogP contribution in [0.25, 0.3) is 0 Å². The van der Waals surface area contributed by atoms with Crippen LogP contribution in [0.5, 0.6) is 0 Å². The molecule has 0 radical (unpaired) electrons. The highest BCUT2D eigenvalue weighted by Gasteiger charge is 2.53. The van der Waals surface area contributed by atoms with Gasteiger partial charge in [0.2, 0.25) is 11.3 Å². The lowest BCUT2D eigenvalue weighted by Crippen LogP contribution is -2.44. The molecule has 0 saturated heterocycles. The van der Waals surface area contributed by atoms with Crippen molar-refractivity contribution in [2.75, 3.05) is 5.06 Å². The molecule has 3 rings (SSSR count). The molecule has 1 aliphatic rings. The number of hydrogen-bond donors (Lipinski definition) is 1. The van der Waals surface area contributed by atoms with Crippen LogP contribution in [-0.2, 0) is 5.54 Å². The van der Waals surface area contributed by atoms with E-state index in [1.807, 2.05) is 6.07 Å². The molecular formula is C15H10N2O2. The van der Waals surface area contributed by atoms with E-state index in [0.717, 1.165) is 5.06 Å². The van der Waals surface area contributed by atoms with Gasteiger partial charge in [0.05, 0.1) is 5.69 Å². The predicted molar refractivity (Wildman–Crippen MR) is 68.8 cm³/mol. The van der Waals surface area contributed by atoms with Crippen LogP contribution in [0.2, 0.25) is 0 Å². The average Bonchev–Trinajstić information content (AvgIpc) is 2.70. The van der Waals surface area contributed by atoms with E-state index < -0.39 is 11.3 Å². The number of fused-ring (bicyclic) bond motifs is 1. The molecule has 0 aromatic heterocycles. The molecule has 2 aromatic rings. The minimum Gasteiger partial charge on any atom is -0.290 e. The molecule has 4 heteroatoms. The summed E-state index contributed by atoms with van der Waals surface area (Å²) in [7, 11) is 0. The molecule has 1 aliphatic heterocycles. The topological polar surface area (TPSA) is 64.3 Å². The lowest BCUT2D eigenvalue weighted by Gasteiger charge is -2.27. The zero-order chi connectivity index (χ0) is 13.5. The van der Waals surface area contributed by atoms with E-state index in [2.05, 4.69) is 0 Å². The number of hydrogen-bond acceptors (Lipinski definition) is 4. The van der Waals surface area contributed by atoms with Gasteiger partial charge in [0.1, 0.15) is 6.07 Å². The number of Topliss-reactive ketones (excluding diaryl/α,β-unsaturated/α-hetero) is 1. The van der Waals surface area contributed by atoms with Crippen LogP contribution in [0.15, 0.2) is 54.6 Å². The van der Waals surface area contributed by atoms with Crippen molar-refractivity contribution in [3.05, 3.63) is 65.7 Å². The van der Waals surface area contributed by atoms with Gasteiger partial charge in [-0.2, -0.15) is 5.26 Å². The highest BCUT2D eigenvalue weighted by atomic mass is 16.5. The van der Waals surface area contributed by atoms with Crippen molar-refractivity contribution in [2.24, 2.45) is 0 Å². The number of rotatable bonds is 1. The summed E-state index contributed by atoms with van der Waals surface area (Å²) < 4.78 is 0. The Morgan fingerprint density at radius 1 is 1.05 bits per heavy atom. The first-order valence-corrected chi connectivity index (χ1v) is 5.81. The third kappa shape index (κ3) is 1.33. The summed E-state index contributed by atoms with van der Waals surface area (Å²) in [4.78, 5) is 12.5. The highest BCUT2D eigenvalue weighted by Crippen LogP contribution is 2.43. The Labute approximate surface area is 110 Å². The summed E-state index contributed by atoms with van der Waals surface area (Å²) in [5.41, 5.74) is -0.514. The molecule has 1 heterocycles. The van der Waals surface area contributed by atoms with Crippen LogP contribution >= 0.6 is 0 Å². The lowest BCUT2D eigenvalue weighted by molar-refractivity contribution is 0.0862. The summed E-state index contributed by atoms with van der Waals surface area (Å²) in [5.74, 6) is -0.403. The molecule has 0 spiro atoms. The molecule has 0 saturated carbocycles. The van der Waals surface area contributed by atoms with Gasteiger partial charge >= 0.3 is 0 Å². The highest BCUT2D eigenvalue weighted by molar-refractivity contribution is 6.15. The van der Waals surface area contributed by atoms with Crippen molar-refractivity contribution >= 4 is 11.5 Å². The largest absolute Gasteiger partial charge is 0.290 e. The van der Waals surface area contributed by atoms with E-state index in [1.165, 1.54) is 0 Å². The number of ketones is 1. The van der Waals surface area contributed by atoms with Gasteiger partial charge in [-0.25, -0.2) is 5.06 Å². The molecule has 0 aliphatic carbocycles. The Morgan fingerprint density at radius 2 is 1.68 bits per heavy atom. The van der Waals surface area contributed by atoms with Crippen molar-refractivity contribution in [1.29, 1.82) is 5.26 Å². The normalized spacial score (nSPS) is 21.1. The molecule has 0 fully saturated rings. The van der Waals surface area contributed by atoms with Gasteiger partial charge in [-0.15, -0.1) is 0 Å². The number of carbonyl (C=O) groups excluding carboxylic acids is 1. The average molecular weight is 250 g/mol. The number of anilines is 1. The van der Waals surface area contributed by atoms with Gasteiger partial charge < -0.3 is 0 Å². The molecule has 1 atom stereocenters. The zero-order valence-corrected chi connectivity index (χ0v) is 9.95. The molecule has 1 N–H and O–H groups in total. The number of hydroxylamine groups is 1. The van der Waals surface area contributed by atoms with Crippen molar-refractivity contribution in [1.82, 2.24) is 0 Å². The molecule has 1 unspecified atom stereocenters. The maximum absolute atomic E-state index is 12.5. The Bertz CT molecular complexity index is 691. The van der Waals surface area contributed by atoms with Crippen molar-refractivity contribution in [3.63, 3.8) is 0 Å². The number of carbonyl (C=O) groups is 1. The van der Waals surface area contributed by atoms with Crippen LogP contribution in [0, 0.1) is 11.3 Å². The molecule has 19 heavy (non-hydrogen) atoms. The van der Waals surface area contributed by atoms with Crippen molar-refractivity contribution in [2.45, 2.75) is 5.54 Å². The smallest absolute Gasteiger partial charge is 0.240 e. The number of nitriles is 1. The fourth-order valence-electron chi connectivity index (χ4n) is 2.42. The third-order valence-corrected chi connectivity index (χ3v) is 3.38. The van der Waals surface area contributed by atoms with E-state index in [9.17, 15) is 15.3 Å². The Balaban J connectivity index is 2.27. The standard InChI is InChI=1S/C15H10N2O2/c16-10-15(11-6-2-1-3-7-11)14(18)12-8-4-5-9-13(12)17(15)19/h1-9,19H. The summed E-state index contributed by atoms with van der Waals surface area (Å²) in [5, 5.41) is 20.6. The van der Waals surface area contributed by atoms with Crippen molar-refractivity contribution in [3.8, 4) is 6.07 Å². The quantitative estimate of drug-likeness (QED) is 0.844. The predicted octanol–water partition coefficient (Wildman–Crippen LogP) is 2.50. The second-order valence-electron chi connectivity index (χ2n) is 4.35. The maximum atomic E-state index is 12.5. The monoisotopic (exact) mass is 250 g/mol. The number of para-hydroxylation sites is 1. The Kier molecular flexibility index (Phi) is 2.37. The summed E-state index contributed by atoms with van der Waals surface area (Å²) in [6.45, 7) is 0. The summed E-state index contributed by atoms with van der Waals surface area (Å²) >= 11 is 0. The van der Waals surface area contributed by atoms with Gasteiger partial charge in [-0.1, -0.05) is 42.5 Å². The third-order valence-electron chi connectivity index (χ3n) is 3.38. The zero-order valence-electron chi connectivity index (χ0n) is 9.95. The van der Waals surface area contributed by atoms with E-state index in [4.69, 9.17) is 0 Å². The first-order chi connectivity index (χ1) is 9.21. The first kappa shape index (κ1) is 11.5. The van der Waals surface area contributed by atoms with E-state index in [0.29, 0.717) is 16.8 Å². The Morgan fingerprint density at radius 3 is 2.32 bits per heavy atom. The number of benzene rings is 2. The fourth-order valence-corrected chi connectivity index (χ4v) is 2.42. The van der Waals surface area contributed by atoms with E-state index >= 15 is 0 Å². The number of nitrogens with zero attached hydrogens (tertiary/aromatic N) is 2. The van der Waals surface area contributed by atoms with Gasteiger partial charge in [0.25, 0.3) is 0 Å². The van der Waals surface area contributed by atoms with Crippen LogP contribution < -0.4 is 5.06 Å². The molecule has 2 aromatic carbocycles. The molecule has 0 amide bonds. The van der Waals surface area contributed by atoms with E-state index in [-0.39, 0.29) is 0 Å². The first-order valence-electron chi connectivity index (χ1n) is 5.81. The van der Waals surface area contributed by atoms with Gasteiger partial charge in [0.15, 0.2) is 0 Å². The summed E-state index contributed by atoms with van der Waals surface area (Å²) in [6, 6.07) is 17.2. The van der Waals surface area contributed by atoms with Crippen LogP contribution in [0.1, 0.15) is 15.9 Å². The van der Waals surface area contributed by atoms with Crippen molar-refractivity contribution < 1.29 is 10.0 Å². The Hall–Kier alpha value is -2.64. The van der Waals surface area contributed by atoms with Crippen LogP contribution in [0.4, 0.5) is 5.69 Å². The molecule has 0 bridgehead atoms. The fraction of sp³-hybridized carbons (Fsp3) is 0.0667. The van der Waals surface area contributed by atoms with Gasteiger partial charge in [0, 0.05) is 11.1 Å².